The lowest BCUT2D eigenvalue weighted by molar-refractivity contribution is -0.130. The Morgan fingerprint density at radius 3 is 2.48 bits per heavy atom. The topological polar surface area (TPSA) is 46.3 Å². The second-order valence-corrected chi connectivity index (χ2v) is 4.95. The number of aryl methyl sites for hydroxylation is 2. The molecule has 0 radical (unpaired) electrons. The van der Waals surface area contributed by atoms with E-state index in [0.717, 1.165) is 30.1 Å². The average Bonchev–Trinajstić information content (AvgIpc) is 2.88. The molecular weight excluding hydrogens is 264 g/mol. The highest BCUT2D eigenvalue weighted by Gasteiger charge is 2.14. The van der Waals surface area contributed by atoms with Gasteiger partial charge in [-0.25, -0.2) is 4.98 Å². The number of hydrogen-bond acceptors (Lipinski definition) is 3. The third kappa shape index (κ3) is 3.72. The minimum absolute atomic E-state index is 0.170. The molecule has 0 atom stereocenters. The summed E-state index contributed by atoms with van der Waals surface area (Å²) in [5.41, 5.74) is 1.83. The molecule has 0 aliphatic heterocycles. The van der Waals surface area contributed by atoms with E-state index in [1.54, 1.807) is 0 Å². The van der Waals surface area contributed by atoms with Gasteiger partial charge in [-0.2, -0.15) is 0 Å². The van der Waals surface area contributed by atoms with Crippen molar-refractivity contribution in [1.29, 1.82) is 0 Å². The van der Waals surface area contributed by atoms with Crippen LogP contribution in [0.2, 0.25) is 0 Å². The number of benzene rings is 1. The molecule has 4 heteroatoms. The highest BCUT2D eigenvalue weighted by Crippen LogP contribution is 2.22. The van der Waals surface area contributed by atoms with E-state index in [0.29, 0.717) is 18.7 Å². The molecule has 0 bridgehead atoms. The van der Waals surface area contributed by atoms with E-state index in [4.69, 9.17) is 4.42 Å². The summed E-state index contributed by atoms with van der Waals surface area (Å²) in [6, 6.07) is 9.81. The zero-order valence-corrected chi connectivity index (χ0v) is 12.9. The number of carbonyl (C=O) groups excluding carboxylic acids is 1. The Morgan fingerprint density at radius 1 is 1.19 bits per heavy atom. The van der Waals surface area contributed by atoms with E-state index >= 15 is 0 Å². The van der Waals surface area contributed by atoms with Crippen molar-refractivity contribution in [3.05, 3.63) is 41.8 Å². The molecule has 4 nitrogen and oxygen atoms in total. The van der Waals surface area contributed by atoms with Crippen LogP contribution in [0.5, 0.6) is 0 Å². The van der Waals surface area contributed by atoms with Gasteiger partial charge in [0.2, 0.25) is 11.8 Å². The fourth-order valence-corrected chi connectivity index (χ4v) is 2.32. The van der Waals surface area contributed by atoms with Gasteiger partial charge in [0.25, 0.3) is 0 Å². The molecular formula is C17H22N2O2. The van der Waals surface area contributed by atoms with Crippen LogP contribution >= 0.6 is 0 Å². The van der Waals surface area contributed by atoms with Crippen molar-refractivity contribution in [2.75, 3.05) is 13.1 Å². The summed E-state index contributed by atoms with van der Waals surface area (Å²) in [4.78, 5) is 18.4. The molecule has 0 saturated carbocycles. The monoisotopic (exact) mass is 286 g/mol. The van der Waals surface area contributed by atoms with Crippen LogP contribution in [0.15, 0.2) is 34.7 Å². The van der Waals surface area contributed by atoms with Gasteiger partial charge >= 0.3 is 0 Å². The van der Waals surface area contributed by atoms with Gasteiger partial charge in [-0.1, -0.05) is 18.2 Å². The number of rotatable bonds is 6. The molecule has 0 saturated heterocycles. The molecule has 1 heterocycles. The predicted molar refractivity (Wildman–Crippen MR) is 82.9 cm³/mol. The Hall–Kier alpha value is -2.10. The van der Waals surface area contributed by atoms with Crippen molar-refractivity contribution in [2.24, 2.45) is 0 Å². The van der Waals surface area contributed by atoms with Crippen LogP contribution in [0.4, 0.5) is 0 Å². The van der Waals surface area contributed by atoms with E-state index in [2.05, 4.69) is 4.98 Å². The maximum atomic E-state index is 12.0. The zero-order chi connectivity index (χ0) is 15.2. The van der Waals surface area contributed by atoms with E-state index in [-0.39, 0.29) is 5.91 Å². The number of nitrogens with zero attached hydrogens (tertiary/aromatic N) is 2. The molecule has 1 aromatic carbocycles. The lowest BCUT2D eigenvalue weighted by Crippen LogP contribution is -2.30. The molecule has 1 aromatic heterocycles. The quantitative estimate of drug-likeness (QED) is 0.817. The van der Waals surface area contributed by atoms with Gasteiger partial charge in [-0.05, 0) is 32.9 Å². The smallest absolute Gasteiger partial charge is 0.226 e. The molecule has 1 amide bonds. The minimum Gasteiger partial charge on any atom is -0.441 e. The van der Waals surface area contributed by atoms with E-state index in [1.807, 2.05) is 56.0 Å². The van der Waals surface area contributed by atoms with Gasteiger partial charge in [0.1, 0.15) is 5.76 Å². The predicted octanol–water partition coefficient (Wildman–Crippen LogP) is 3.45. The molecule has 0 unspecified atom stereocenters. The van der Waals surface area contributed by atoms with E-state index in [9.17, 15) is 4.79 Å². The number of amides is 1. The SMILES string of the molecule is CCN(CC)C(=O)CCc1nc(-c2ccccc2)oc1C. The number of carbonyl (C=O) groups is 1. The van der Waals surface area contributed by atoms with Gasteiger partial charge in [-0.3, -0.25) is 4.79 Å². The van der Waals surface area contributed by atoms with E-state index in [1.165, 1.54) is 0 Å². The zero-order valence-electron chi connectivity index (χ0n) is 12.9. The minimum atomic E-state index is 0.170. The number of oxazole rings is 1. The van der Waals surface area contributed by atoms with Gasteiger partial charge < -0.3 is 9.32 Å². The van der Waals surface area contributed by atoms with Crippen LogP contribution < -0.4 is 0 Å². The van der Waals surface area contributed by atoms with Crippen molar-refractivity contribution in [1.82, 2.24) is 9.88 Å². The average molecular weight is 286 g/mol. The fraction of sp³-hybridized carbons (Fsp3) is 0.412. The largest absolute Gasteiger partial charge is 0.441 e. The van der Waals surface area contributed by atoms with Crippen molar-refractivity contribution in [3.8, 4) is 11.5 Å². The first kappa shape index (κ1) is 15.3. The second-order valence-electron chi connectivity index (χ2n) is 4.95. The Labute approximate surface area is 125 Å². The number of aromatic nitrogens is 1. The Balaban J connectivity index is 2.05. The van der Waals surface area contributed by atoms with Gasteiger partial charge in [0.05, 0.1) is 5.69 Å². The molecule has 2 aromatic rings. The first-order valence-electron chi connectivity index (χ1n) is 7.45. The lowest BCUT2D eigenvalue weighted by Gasteiger charge is -2.18. The van der Waals surface area contributed by atoms with Gasteiger partial charge in [-0.15, -0.1) is 0 Å². The first-order chi connectivity index (χ1) is 10.2. The van der Waals surface area contributed by atoms with Crippen LogP contribution in [-0.2, 0) is 11.2 Å². The molecule has 0 N–H and O–H groups in total. The molecule has 2 rings (SSSR count). The Morgan fingerprint density at radius 2 is 1.86 bits per heavy atom. The highest BCUT2D eigenvalue weighted by atomic mass is 16.4. The summed E-state index contributed by atoms with van der Waals surface area (Å²) in [5.74, 6) is 1.59. The van der Waals surface area contributed by atoms with Crippen molar-refractivity contribution in [3.63, 3.8) is 0 Å². The van der Waals surface area contributed by atoms with Gasteiger partial charge in [0.15, 0.2) is 0 Å². The third-order valence-electron chi connectivity index (χ3n) is 3.61. The molecule has 0 spiro atoms. The van der Waals surface area contributed by atoms with Crippen molar-refractivity contribution in [2.45, 2.75) is 33.6 Å². The highest BCUT2D eigenvalue weighted by molar-refractivity contribution is 5.76. The standard InChI is InChI=1S/C17H22N2O2/c1-4-19(5-2)16(20)12-11-15-13(3)21-17(18-15)14-9-7-6-8-10-14/h6-10H,4-5,11-12H2,1-3H3. The van der Waals surface area contributed by atoms with Crippen LogP contribution in [0.1, 0.15) is 31.7 Å². The summed E-state index contributed by atoms with van der Waals surface area (Å²) in [6.07, 6.45) is 1.10. The van der Waals surface area contributed by atoms with Gasteiger partial charge in [0, 0.05) is 31.5 Å². The summed E-state index contributed by atoms with van der Waals surface area (Å²) >= 11 is 0. The first-order valence-corrected chi connectivity index (χ1v) is 7.45. The maximum absolute atomic E-state index is 12.0. The second kappa shape index (κ2) is 7.07. The molecule has 21 heavy (non-hydrogen) atoms. The summed E-state index contributed by atoms with van der Waals surface area (Å²) < 4.78 is 5.71. The number of hydrogen-bond donors (Lipinski definition) is 0. The third-order valence-corrected chi connectivity index (χ3v) is 3.61. The van der Waals surface area contributed by atoms with Crippen LogP contribution in [-0.4, -0.2) is 28.9 Å². The molecule has 0 fully saturated rings. The molecule has 0 aliphatic carbocycles. The van der Waals surface area contributed by atoms with Crippen molar-refractivity contribution < 1.29 is 9.21 Å². The van der Waals surface area contributed by atoms with Crippen LogP contribution in [0, 0.1) is 6.92 Å². The van der Waals surface area contributed by atoms with Crippen molar-refractivity contribution >= 4 is 5.91 Å². The lowest BCUT2D eigenvalue weighted by atomic mass is 10.2. The Kier molecular flexibility index (Phi) is 5.14. The summed E-state index contributed by atoms with van der Waals surface area (Å²) in [7, 11) is 0. The molecule has 0 aliphatic rings. The molecule has 112 valence electrons. The van der Waals surface area contributed by atoms with E-state index < -0.39 is 0 Å². The summed E-state index contributed by atoms with van der Waals surface area (Å²) in [5, 5.41) is 0. The van der Waals surface area contributed by atoms with Crippen LogP contribution in [0.3, 0.4) is 0 Å². The fourth-order valence-electron chi connectivity index (χ4n) is 2.32. The Bertz CT molecular complexity index is 586. The summed E-state index contributed by atoms with van der Waals surface area (Å²) in [6.45, 7) is 7.40. The normalized spacial score (nSPS) is 10.6. The van der Waals surface area contributed by atoms with Crippen LogP contribution in [0.25, 0.3) is 11.5 Å². The maximum Gasteiger partial charge on any atom is 0.226 e.